The van der Waals surface area contributed by atoms with Crippen LogP contribution in [0.2, 0.25) is 0 Å². The summed E-state index contributed by atoms with van der Waals surface area (Å²) in [5.41, 5.74) is 13.3. The number of nitrogens with zero attached hydrogens (tertiary/aromatic N) is 2. The maximum absolute atomic E-state index is 12.9. The van der Waals surface area contributed by atoms with Crippen LogP contribution in [0.3, 0.4) is 0 Å². The average Bonchev–Trinajstić information content (AvgIpc) is 2.41. The van der Waals surface area contributed by atoms with Gasteiger partial charge in [-0.25, -0.2) is 0 Å². The molecule has 0 radical (unpaired) electrons. The zero-order valence-electron chi connectivity index (χ0n) is 16.4. The fourth-order valence-corrected chi connectivity index (χ4v) is 3.76. The van der Waals surface area contributed by atoms with Crippen molar-refractivity contribution < 1.29 is 4.79 Å². The van der Waals surface area contributed by atoms with Crippen LogP contribution in [-0.2, 0) is 0 Å². The first-order valence-electron chi connectivity index (χ1n) is 8.11. The molecular weight excluding hydrogens is 395 g/mol. The normalized spacial score (nSPS) is 18.7. The number of anilines is 2. The standard InChI is InChI=1S/C18H30N4O.3ClH/c1-17(2)10-15(11-18(3,4)22(17)6)21(5)16(23)12-7-13(19)9-14(20)8-12;;;/h7-9,15H,10-11,19-20H2,1-6H3;3*1H. The summed E-state index contributed by atoms with van der Waals surface area (Å²) in [6, 6.07) is 5.24. The number of carbonyl (C=O) groups is 1. The number of amides is 1. The van der Waals surface area contributed by atoms with Crippen molar-refractivity contribution in [1.29, 1.82) is 0 Å². The Hall–Kier alpha value is -0.880. The predicted octanol–water partition coefficient (Wildman–Crippen LogP) is 3.84. The Balaban J connectivity index is 0. The van der Waals surface area contributed by atoms with E-state index in [9.17, 15) is 4.79 Å². The Labute approximate surface area is 176 Å². The van der Waals surface area contributed by atoms with E-state index in [4.69, 9.17) is 11.5 Å². The van der Waals surface area contributed by atoms with Crippen LogP contribution >= 0.6 is 37.2 Å². The molecule has 1 saturated heterocycles. The minimum absolute atomic E-state index is 0. The molecule has 1 aliphatic rings. The monoisotopic (exact) mass is 426 g/mol. The second-order valence-corrected chi connectivity index (χ2v) is 8.05. The molecule has 152 valence electrons. The highest BCUT2D eigenvalue weighted by molar-refractivity contribution is 5.96. The van der Waals surface area contributed by atoms with Crippen LogP contribution in [0.25, 0.3) is 0 Å². The predicted molar refractivity (Wildman–Crippen MR) is 118 cm³/mol. The van der Waals surface area contributed by atoms with Crippen molar-refractivity contribution in [1.82, 2.24) is 9.80 Å². The van der Waals surface area contributed by atoms with Gasteiger partial charge in [0.2, 0.25) is 0 Å². The number of halogens is 3. The van der Waals surface area contributed by atoms with Crippen LogP contribution in [0.1, 0.15) is 50.9 Å². The van der Waals surface area contributed by atoms with Crippen molar-refractivity contribution in [2.75, 3.05) is 25.6 Å². The van der Waals surface area contributed by atoms with E-state index >= 15 is 0 Å². The largest absolute Gasteiger partial charge is 0.399 e. The van der Waals surface area contributed by atoms with Crippen LogP contribution in [0.5, 0.6) is 0 Å². The first-order chi connectivity index (χ1) is 10.4. The number of piperidine rings is 1. The molecule has 0 aromatic heterocycles. The molecule has 8 heteroatoms. The first kappa shape index (κ1) is 27.3. The molecule has 0 bridgehead atoms. The van der Waals surface area contributed by atoms with Crippen LogP contribution in [0.15, 0.2) is 18.2 Å². The lowest BCUT2D eigenvalue weighted by Crippen LogP contribution is -2.62. The number of nitrogen functional groups attached to an aromatic ring is 2. The van der Waals surface area contributed by atoms with Gasteiger partial charge < -0.3 is 16.4 Å². The Morgan fingerprint density at radius 3 is 1.77 bits per heavy atom. The average molecular weight is 428 g/mol. The topological polar surface area (TPSA) is 75.6 Å². The maximum atomic E-state index is 12.9. The zero-order chi connectivity index (χ0) is 17.6. The van der Waals surface area contributed by atoms with E-state index in [2.05, 4.69) is 39.6 Å². The number of hydrogen-bond donors (Lipinski definition) is 2. The Morgan fingerprint density at radius 2 is 1.38 bits per heavy atom. The van der Waals surface area contributed by atoms with Crippen molar-refractivity contribution in [2.45, 2.75) is 57.7 Å². The maximum Gasteiger partial charge on any atom is 0.253 e. The summed E-state index contributed by atoms with van der Waals surface area (Å²) in [5.74, 6) is -0.0230. The third kappa shape index (κ3) is 5.56. The minimum Gasteiger partial charge on any atom is -0.399 e. The van der Waals surface area contributed by atoms with Crippen LogP contribution in [0.4, 0.5) is 11.4 Å². The number of likely N-dealkylation sites (tertiary alicyclic amines) is 1. The van der Waals surface area contributed by atoms with Crippen LogP contribution in [-0.4, -0.2) is 46.9 Å². The van der Waals surface area contributed by atoms with Crippen molar-refractivity contribution >= 4 is 54.5 Å². The fourth-order valence-electron chi connectivity index (χ4n) is 3.76. The Bertz CT molecular complexity index is 584. The summed E-state index contributed by atoms with van der Waals surface area (Å²) in [5, 5.41) is 0. The molecule has 0 saturated carbocycles. The smallest absolute Gasteiger partial charge is 0.253 e. The van der Waals surface area contributed by atoms with Crippen molar-refractivity contribution in [3.63, 3.8) is 0 Å². The van der Waals surface area contributed by atoms with Crippen LogP contribution < -0.4 is 11.5 Å². The lowest BCUT2D eigenvalue weighted by molar-refractivity contribution is -0.0376. The van der Waals surface area contributed by atoms with Gasteiger partial charge in [-0.1, -0.05) is 0 Å². The highest BCUT2D eigenvalue weighted by Crippen LogP contribution is 2.38. The van der Waals surface area contributed by atoms with Crippen molar-refractivity contribution in [3.8, 4) is 0 Å². The summed E-state index contributed by atoms with van der Waals surface area (Å²) in [4.78, 5) is 17.1. The number of rotatable bonds is 2. The quantitative estimate of drug-likeness (QED) is 0.703. The van der Waals surface area contributed by atoms with Gasteiger partial charge in [0.05, 0.1) is 0 Å². The SMILES string of the molecule is CN(C(=O)c1cc(N)cc(N)c1)C1CC(C)(C)N(C)C(C)(C)C1.Cl.Cl.Cl. The molecule has 1 aliphatic heterocycles. The number of carbonyl (C=O) groups excluding carboxylic acids is 1. The van der Waals surface area contributed by atoms with E-state index in [-0.39, 0.29) is 60.2 Å². The number of nitrogens with two attached hydrogens (primary N) is 2. The molecule has 1 fully saturated rings. The first-order valence-corrected chi connectivity index (χ1v) is 8.11. The van der Waals surface area contributed by atoms with Gasteiger partial charge >= 0.3 is 0 Å². The van der Waals surface area contributed by atoms with E-state index in [1.165, 1.54) is 0 Å². The number of hydrogen-bond acceptors (Lipinski definition) is 4. The van der Waals surface area contributed by atoms with Crippen molar-refractivity contribution in [3.05, 3.63) is 23.8 Å². The molecule has 0 aliphatic carbocycles. The molecule has 1 aromatic carbocycles. The van der Waals surface area contributed by atoms with Gasteiger partial charge in [0.25, 0.3) is 5.91 Å². The minimum atomic E-state index is -0.0230. The molecule has 4 N–H and O–H groups in total. The molecule has 5 nitrogen and oxygen atoms in total. The lowest BCUT2D eigenvalue weighted by Gasteiger charge is -2.55. The molecule has 1 amide bonds. The summed E-state index contributed by atoms with van der Waals surface area (Å²) in [7, 11) is 4.04. The molecule has 0 atom stereocenters. The zero-order valence-corrected chi connectivity index (χ0v) is 18.9. The van der Waals surface area contributed by atoms with E-state index in [1.54, 1.807) is 18.2 Å². The Kier molecular flexibility index (Phi) is 9.84. The summed E-state index contributed by atoms with van der Waals surface area (Å²) in [6.45, 7) is 8.94. The number of benzene rings is 1. The van der Waals surface area contributed by atoms with E-state index in [0.717, 1.165) is 12.8 Å². The van der Waals surface area contributed by atoms with Gasteiger partial charge in [-0.2, -0.15) is 0 Å². The van der Waals surface area contributed by atoms with Gasteiger partial charge in [-0.15, -0.1) is 37.2 Å². The van der Waals surface area contributed by atoms with Gasteiger partial charge in [0, 0.05) is 41.1 Å². The molecule has 0 spiro atoms. The third-order valence-corrected chi connectivity index (χ3v) is 5.38. The summed E-state index contributed by atoms with van der Waals surface area (Å²) < 4.78 is 0. The Morgan fingerprint density at radius 1 is 1.00 bits per heavy atom. The summed E-state index contributed by atoms with van der Waals surface area (Å²) in [6.07, 6.45) is 1.87. The molecule has 2 rings (SSSR count). The van der Waals surface area contributed by atoms with E-state index < -0.39 is 0 Å². The second-order valence-electron chi connectivity index (χ2n) is 8.05. The van der Waals surface area contributed by atoms with E-state index in [0.29, 0.717) is 16.9 Å². The molecule has 1 heterocycles. The summed E-state index contributed by atoms with van der Waals surface area (Å²) >= 11 is 0. The molecule has 0 unspecified atom stereocenters. The second kappa shape index (κ2) is 9.36. The van der Waals surface area contributed by atoms with Gasteiger partial charge in [0.1, 0.15) is 0 Å². The van der Waals surface area contributed by atoms with Gasteiger partial charge in [0.15, 0.2) is 0 Å². The van der Waals surface area contributed by atoms with E-state index in [1.807, 2.05) is 11.9 Å². The van der Waals surface area contributed by atoms with Crippen LogP contribution in [0, 0.1) is 0 Å². The molecule has 1 aromatic rings. The fraction of sp³-hybridized carbons (Fsp3) is 0.611. The highest BCUT2D eigenvalue weighted by Gasteiger charge is 2.44. The molecule has 26 heavy (non-hydrogen) atoms. The van der Waals surface area contributed by atoms with Gasteiger partial charge in [-0.3, -0.25) is 9.69 Å². The van der Waals surface area contributed by atoms with Crippen molar-refractivity contribution in [2.24, 2.45) is 0 Å². The third-order valence-electron chi connectivity index (χ3n) is 5.38. The highest BCUT2D eigenvalue weighted by atomic mass is 35.5. The van der Waals surface area contributed by atoms with Gasteiger partial charge in [-0.05, 0) is 65.8 Å². The molecular formula is C18H33Cl3N4O. The lowest BCUT2D eigenvalue weighted by atomic mass is 9.77.